The molecule has 0 fully saturated rings. The van der Waals surface area contributed by atoms with Crippen LogP contribution in [0.1, 0.15) is 5.56 Å². The topological polar surface area (TPSA) is 66.6 Å². The summed E-state index contributed by atoms with van der Waals surface area (Å²) in [5.41, 5.74) is 6.97. The molecule has 0 aliphatic rings. The third-order valence-corrected chi connectivity index (χ3v) is 2.18. The third-order valence-electron chi connectivity index (χ3n) is 2.18. The Labute approximate surface area is 89.3 Å². The highest BCUT2D eigenvalue weighted by Gasteiger charge is 2.11. The summed E-state index contributed by atoms with van der Waals surface area (Å²) in [5, 5.41) is 8.67. The minimum atomic E-state index is -0.946. The Hall–Kier alpha value is -1.55. The zero-order chi connectivity index (χ0) is 11.3. The van der Waals surface area contributed by atoms with Crippen molar-refractivity contribution in [3.05, 3.63) is 35.9 Å². The van der Waals surface area contributed by atoms with Gasteiger partial charge in [-0.2, -0.15) is 0 Å². The Balaban J connectivity index is 2.43. The summed E-state index contributed by atoms with van der Waals surface area (Å²) in [6.45, 7) is 0.351. The lowest BCUT2D eigenvalue weighted by atomic mass is 10.1. The number of amides is 1. The maximum atomic E-state index is 10.6. The van der Waals surface area contributed by atoms with Crippen molar-refractivity contribution in [1.29, 1.82) is 0 Å². The summed E-state index contributed by atoms with van der Waals surface area (Å²) >= 11 is 0. The van der Waals surface area contributed by atoms with Crippen molar-refractivity contribution in [2.24, 2.45) is 5.73 Å². The number of hydrogen-bond donors (Lipinski definition) is 2. The molecule has 4 heteroatoms. The van der Waals surface area contributed by atoms with Gasteiger partial charge in [0.15, 0.2) is 0 Å². The minimum Gasteiger partial charge on any atom is -0.465 e. The van der Waals surface area contributed by atoms with E-state index in [-0.39, 0.29) is 6.04 Å². The number of nitrogens with two attached hydrogens (primary N) is 1. The van der Waals surface area contributed by atoms with E-state index in [0.29, 0.717) is 13.0 Å². The first-order valence-corrected chi connectivity index (χ1v) is 4.83. The number of benzene rings is 1. The molecule has 1 rings (SSSR count). The average Bonchev–Trinajstić information content (AvgIpc) is 2.18. The van der Waals surface area contributed by atoms with Gasteiger partial charge in [-0.15, -0.1) is 0 Å². The highest BCUT2D eigenvalue weighted by atomic mass is 16.4. The predicted octanol–water partition coefficient (Wildman–Crippen LogP) is 1.17. The van der Waals surface area contributed by atoms with Crippen molar-refractivity contribution in [2.45, 2.75) is 12.5 Å². The van der Waals surface area contributed by atoms with Crippen molar-refractivity contribution in [2.75, 3.05) is 13.6 Å². The van der Waals surface area contributed by atoms with E-state index in [1.807, 2.05) is 30.3 Å². The molecule has 1 aromatic carbocycles. The second kappa shape index (κ2) is 5.36. The van der Waals surface area contributed by atoms with Gasteiger partial charge >= 0.3 is 6.09 Å². The summed E-state index contributed by atoms with van der Waals surface area (Å²) < 4.78 is 0. The SMILES string of the molecule is CN(C[C@@H](N)Cc1ccccc1)C(=O)O. The van der Waals surface area contributed by atoms with Crippen LogP contribution in [0.25, 0.3) is 0 Å². The maximum absolute atomic E-state index is 10.6. The molecule has 1 atom stereocenters. The van der Waals surface area contributed by atoms with Crippen LogP contribution in [0.4, 0.5) is 4.79 Å². The first-order chi connectivity index (χ1) is 7.09. The highest BCUT2D eigenvalue weighted by molar-refractivity contribution is 5.64. The Morgan fingerprint density at radius 1 is 1.47 bits per heavy atom. The van der Waals surface area contributed by atoms with Gasteiger partial charge in [0.1, 0.15) is 0 Å². The fourth-order valence-corrected chi connectivity index (χ4v) is 1.41. The molecule has 4 nitrogen and oxygen atoms in total. The van der Waals surface area contributed by atoms with Crippen LogP contribution in [0.2, 0.25) is 0 Å². The molecular weight excluding hydrogens is 192 g/mol. The van der Waals surface area contributed by atoms with Gasteiger partial charge < -0.3 is 15.7 Å². The molecule has 0 unspecified atom stereocenters. The summed E-state index contributed by atoms with van der Waals surface area (Å²) in [7, 11) is 1.52. The Bertz CT molecular complexity index is 314. The van der Waals surface area contributed by atoms with Crippen LogP contribution < -0.4 is 5.73 Å². The van der Waals surface area contributed by atoms with E-state index in [0.717, 1.165) is 5.56 Å². The third kappa shape index (κ3) is 3.99. The summed E-state index contributed by atoms with van der Waals surface area (Å²) in [6.07, 6.45) is -0.253. The molecular formula is C11H16N2O2. The molecule has 0 radical (unpaired) electrons. The number of hydrogen-bond acceptors (Lipinski definition) is 2. The normalized spacial score (nSPS) is 12.1. The predicted molar refractivity (Wildman–Crippen MR) is 58.8 cm³/mol. The monoisotopic (exact) mass is 208 g/mol. The zero-order valence-electron chi connectivity index (χ0n) is 8.76. The van der Waals surface area contributed by atoms with Crippen LogP contribution in [-0.4, -0.2) is 35.7 Å². The molecule has 0 aliphatic carbocycles. The molecule has 0 saturated carbocycles. The Morgan fingerprint density at radius 2 is 2.07 bits per heavy atom. The smallest absolute Gasteiger partial charge is 0.407 e. The lowest BCUT2D eigenvalue weighted by Crippen LogP contribution is -2.39. The van der Waals surface area contributed by atoms with Crippen molar-refractivity contribution in [3.63, 3.8) is 0 Å². The highest BCUT2D eigenvalue weighted by Crippen LogP contribution is 2.02. The van der Waals surface area contributed by atoms with E-state index in [2.05, 4.69) is 0 Å². The first-order valence-electron chi connectivity index (χ1n) is 4.83. The second-order valence-electron chi connectivity index (χ2n) is 3.61. The van der Waals surface area contributed by atoms with E-state index in [9.17, 15) is 4.79 Å². The molecule has 0 heterocycles. The minimum absolute atomic E-state index is 0.159. The lowest BCUT2D eigenvalue weighted by Gasteiger charge is -2.18. The standard InChI is InChI=1S/C11H16N2O2/c1-13(11(14)15)8-10(12)7-9-5-3-2-4-6-9/h2-6,10H,7-8,12H2,1H3,(H,14,15)/t10-/m0/s1. The number of carboxylic acid groups (broad SMARTS) is 1. The fraction of sp³-hybridized carbons (Fsp3) is 0.364. The number of carbonyl (C=O) groups is 1. The van der Waals surface area contributed by atoms with E-state index >= 15 is 0 Å². The summed E-state index contributed by atoms with van der Waals surface area (Å²) in [4.78, 5) is 11.8. The van der Waals surface area contributed by atoms with Gasteiger partial charge in [-0.05, 0) is 12.0 Å². The fourth-order valence-electron chi connectivity index (χ4n) is 1.41. The van der Waals surface area contributed by atoms with Crippen LogP contribution in [0.15, 0.2) is 30.3 Å². The van der Waals surface area contributed by atoms with Crippen molar-refractivity contribution in [1.82, 2.24) is 4.90 Å². The first kappa shape index (κ1) is 11.5. The average molecular weight is 208 g/mol. The van der Waals surface area contributed by atoms with Crippen LogP contribution in [-0.2, 0) is 6.42 Å². The molecule has 15 heavy (non-hydrogen) atoms. The summed E-state index contributed by atoms with van der Waals surface area (Å²) in [5.74, 6) is 0. The number of likely N-dealkylation sites (N-methyl/N-ethyl adjacent to an activating group) is 1. The molecule has 1 aromatic rings. The van der Waals surface area contributed by atoms with Crippen molar-refractivity contribution in [3.8, 4) is 0 Å². The molecule has 0 aromatic heterocycles. The molecule has 82 valence electrons. The van der Waals surface area contributed by atoms with E-state index in [4.69, 9.17) is 10.8 Å². The molecule has 3 N–H and O–H groups in total. The Morgan fingerprint density at radius 3 is 2.60 bits per heavy atom. The lowest BCUT2D eigenvalue weighted by molar-refractivity contribution is 0.153. The quantitative estimate of drug-likeness (QED) is 0.780. The molecule has 0 aliphatic heterocycles. The van der Waals surface area contributed by atoms with Gasteiger partial charge in [-0.25, -0.2) is 4.79 Å². The van der Waals surface area contributed by atoms with E-state index in [1.54, 1.807) is 0 Å². The van der Waals surface area contributed by atoms with Gasteiger partial charge in [-0.1, -0.05) is 30.3 Å². The van der Waals surface area contributed by atoms with Gasteiger partial charge in [0.25, 0.3) is 0 Å². The van der Waals surface area contributed by atoms with Gasteiger partial charge in [0, 0.05) is 19.6 Å². The van der Waals surface area contributed by atoms with E-state index < -0.39 is 6.09 Å². The van der Waals surface area contributed by atoms with Gasteiger partial charge in [0.05, 0.1) is 0 Å². The summed E-state index contributed by atoms with van der Waals surface area (Å²) in [6, 6.07) is 9.65. The number of rotatable bonds is 4. The van der Waals surface area contributed by atoms with Crippen molar-refractivity contribution >= 4 is 6.09 Å². The maximum Gasteiger partial charge on any atom is 0.407 e. The van der Waals surface area contributed by atoms with E-state index in [1.165, 1.54) is 11.9 Å². The largest absolute Gasteiger partial charge is 0.465 e. The van der Waals surface area contributed by atoms with Gasteiger partial charge in [-0.3, -0.25) is 0 Å². The number of nitrogens with zero attached hydrogens (tertiary/aromatic N) is 1. The zero-order valence-corrected chi connectivity index (χ0v) is 8.76. The molecule has 0 saturated heterocycles. The molecule has 0 bridgehead atoms. The van der Waals surface area contributed by atoms with Crippen LogP contribution in [0, 0.1) is 0 Å². The molecule has 0 spiro atoms. The van der Waals surface area contributed by atoms with Gasteiger partial charge in [0.2, 0.25) is 0 Å². The Kier molecular flexibility index (Phi) is 4.12. The van der Waals surface area contributed by atoms with Crippen LogP contribution >= 0.6 is 0 Å². The second-order valence-corrected chi connectivity index (χ2v) is 3.61. The molecule has 1 amide bonds. The van der Waals surface area contributed by atoms with Crippen molar-refractivity contribution < 1.29 is 9.90 Å². The van der Waals surface area contributed by atoms with Crippen LogP contribution in [0.3, 0.4) is 0 Å². The van der Waals surface area contributed by atoms with Crippen LogP contribution in [0.5, 0.6) is 0 Å².